The van der Waals surface area contributed by atoms with Crippen molar-refractivity contribution in [1.29, 1.82) is 0 Å². The molecule has 4 N–H and O–H groups in total. The third-order valence-electron chi connectivity index (χ3n) is 3.93. The molecule has 20 heavy (non-hydrogen) atoms. The van der Waals surface area contributed by atoms with Crippen LogP contribution in [0, 0.1) is 0 Å². The first-order valence-corrected chi connectivity index (χ1v) is 7.16. The molecular formula is C15H23N3O2. The van der Waals surface area contributed by atoms with E-state index in [-0.39, 0.29) is 12.5 Å². The molecule has 0 atom stereocenters. The number of nitrogens with two attached hydrogens (primary N) is 1. The third kappa shape index (κ3) is 3.04. The van der Waals surface area contributed by atoms with E-state index >= 15 is 0 Å². The first-order valence-electron chi connectivity index (χ1n) is 7.16. The topological polar surface area (TPSA) is 78.6 Å². The molecular weight excluding hydrogens is 254 g/mol. The molecule has 0 aromatic heterocycles. The standard InChI is InChI=1S/C15H23N3O2/c1-17-15(20)11-6-7-14(13(16)10-11)18(8-9-19)12-4-2-3-5-12/h6-7,10,12,19H,2-5,8-9,16H2,1H3,(H,17,20). The summed E-state index contributed by atoms with van der Waals surface area (Å²) in [5.74, 6) is -0.141. The zero-order valence-corrected chi connectivity index (χ0v) is 11.9. The highest BCUT2D eigenvalue weighted by Crippen LogP contribution is 2.32. The monoisotopic (exact) mass is 277 g/mol. The Balaban J connectivity index is 2.26. The summed E-state index contributed by atoms with van der Waals surface area (Å²) in [6.45, 7) is 0.682. The van der Waals surface area contributed by atoms with Crippen molar-refractivity contribution in [2.24, 2.45) is 0 Å². The van der Waals surface area contributed by atoms with Gasteiger partial charge in [0.05, 0.1) is 18.0 Å². The van der Waals surface area contributed by atoms with Crippen LogP contribution < -0.4 is 16.0 Å². The Labute approximate surface area is 119 Å². The number of amides is 1. The number of rotatable bonds is 5. The van der Waals surface area contributed by atoms with Crippen molar-refractivity contribution in [2.75, 3.05) is 30.8 Å². The van der Waals surface area contributed by atoms with Gasteiger partial charge >= 0.3 is 0 Å². The van der Waals surface area contributed by atoms with Crippen LogP contribution in [0.25, 0.3) is 0 Å². The lowest BCUT2D eigenvalue weighted by Gasteiger charge is -2.31. The number of carbonyl (C=O) groups excluding carboxylic acids is 1. The molecule has 2 rings (SSSR count). The predicted molar refractivity (Wildman–Crippen MR) is 80.9 cm³/mol. The first kappa shape index (κ1) is 14.7. The van der Waals surface area contributed by atoms with Gasteiger partial charge in [0.2, 0.25) is 0 Å². The summed E-state index contributed by atoms with van der Waals surface area (Å²) < 4.78 is 0. The number of hydrogen-bond acceptors (Lipinski definition) is 4. The summed E-state index contributed by atoms with van der Waals surface area (Å²) >= 11 is 0. The van der Waals surface area contributed by atoms with Gasteiger partial charge in [0.1, 0.15) is 0 Å². The second kappa shape index (κ2) is 6.61. The number of aliphatic hydroxyl groups excluding tert-OH is 1. The summed E-state index contributed by atoms with van der Waals surface area (Å²) in [6.07, 6.45) is 4.72. The van der Waals surface area contributed by atoms with Gasteiger partial charge in [-0.2, -0.15) is 0 Å². The van der Waals surface area contributed by atoms with Crippen LogP contribution in [0.2, 0.25) is 0 Å². The minimum absolute atomic E-state index is 0.104. The van der Waals surface area contributed by atoms with Crippen molar-refractivity contribution in [3.05, 3.63) is 23.8 Å². The zero-order valence-electron chi connectivity index (χ0n) is 11.9. The Morgan fingerprint density at radius 1 is 1.45 bits per heavy atom. The van der Waals surface area contributed by atoms with Gasteiger partial charge in [0, 0.05) is 25.2 Å². The van der Waals surface area contributed by atoms with Crippen LogP contribution in [0.15, 0.2) is 18.2 Å². The van der Waals surface area contributed by atoms with Crippen LogP contribution in [-0.4, -0.2) is 37.3 Å². The number of carbonyl (C=O) groups is 1. The summed E-state index contributed by atoms with van der Waals surface area (Å²) in [4.78, 5) is 13.8. The number of nitrogens with zero attached hydrogens (tertiary/aromatic N) is 1. The van der Waals surface area contributed by atoms with E-state index in [1.165, 1.54) is 12.8 Å². The van der Waals surface area contributed by atoms with Gasteiger partial charge in [-0.25, -0.2) is 0 Å². The molecule has 1 aliphatic carbocycles. The first-order chi connectivity index (χ1) is 9.67. The van der Waals surface area contributed by atoms with Crippen molar-refractivity contribution < 1.29 is 9.90 Å². The quantitative estimate of drug-likeness (QED) is 0.710. The van der Waals surface area contributed by atoms with E-state index in [0.29, 0.717) is 23.8 Å². The molecule has 0 radical (unpaired) electrons. The fourth-order valence-electron chi connectivity index (χ4n) is 2.93. The fourth-order valence-corrected chi connectivity index (χ4v) is 2.93. The summed E-state index contributed by atoms with van der Waals surface area (Å²) in [5.41, 5.74) is 8.17. The van der Waals surface area contributed by atoms with E-state index in [4.69, 9.17) is 5.73 Å². The summed E-state index contributed by atoms with van der Waals surface area (Å²) in [5, 5.41) is 11.9. The molecule has 0 spiro atoms. The van der Waals surface area contributed by atoms with E-state index in [2.05, 4.69) is 10.2 Å². The summed E-state index contributed by atoms with van der Waals surface area (Å²) in [7, 11) is 1.60. The van der Waals surface area contributed by atoms with Crippen LogP contribution in [-0.2, 0) is 0 Å². The predicted octanol–water partition coefficient (Wildman–Crippen LogP) is 1.37. The maximum atomic E-state index is 11.6. The van der Waals surface area contributed by atoms with Crippen molar-refractivity contribution in [3.8, 4) is 0 Å². The molecule has 0 saturated heterocycles. The minimum atomic E-state index is -0.141. The van der Waals surface area contributed by atoms with Crippen LogP contribution in [0.1, 0.15) is 36.0 Å². The molecule has 5 heteroatoms. The van der Waals surface area contributed by atoms with E-state index in [0.717, 1.165) is 18.5 Å². The van der Waals surface area contributed by atoms with Crippen LogP contribution in [0.5, 0.6) is 0 Å². The lowest BCUT2D eigenvalue weighted by Crippen LogP contribution is -2.36. The number of hydrogen-bond donors (Lipinski definition) is 3. The zero-order chi connectivity index (χ0) is 14.5. The summed E-state index contributed by atoms with van der Waals surface area (Å²) in [6, 6.07) is 5.81. The Morgan fingerprint density at radius 3 is 2.70 bits per heavy atom. The highest BCUT2D eigenvalue weighted by Gasteiger charge is 2.24. The highest BCUT2D eigenvalue weighted by atomic mass is 16.3. The number of nitrogens with one attached hydrogen (secondary N) is 1. The maximum absolute atomic E-state index is 11.6. The van der Waals surface area contributed by atoms with Crippen molar-refractivity contribution in [1.82, 2.24) is 5.32 Å². The molecule has 0 aliphatic heterocycles. The molecule has 1 aromatic carbocycles. The molecule has 1 fully saturated rings. The molecule has 0 heterocycles. The highest BCUT2D eigenvalue weighted by molar-refractivity contribution is 5.96. The molecule has 0 unspecified atom stereocenters. The molecule has 110 valence electrons. The molecule has 1 aliphatic rings. The van der Waals surface area contributed by atoms with Gasteiger partial charge in [0.25, 0.3) is 5.91 Å². The third-order valence-corrected chi connectivity index (χ3v) is 3.93. The molecule has 1 amide bonds. The van der Waals surface area contributed by atoms with Gasteiger partial charge in [-0.15, -0.1) is 0 Å². The number of anilines is 2. The van der Waals surface area contributed by atoms with Gasteiger partial charge in [-0.05, 0) is 31.0 Å². The van der Waals surface area contributed by atoms with Gasteiger partial charge < -0.3 is 21.1 Å². The van der Waals surface area contributed by atoms with Crippen LogP contribution in [0.4, 0.5) is 11.4 Å². The Hall–Kier alpha value is -1.75. The second-order valence-electron chi connectivity index (χ2n) is 5.21. The largest absolute Gasteiger partial charge is 0.397 e. The maximum Gasteiger partial charge on any atom is 0.251 e. The average molecular weight is 277 g/mol. The average Bonchev–Trinajstić information content (AvgIpc) is 2.98. The van der Waals surface area contributed by atoms with Crippen molar-refractivity contribution in [2.45, 2.75) is 31.7 Å². The van der Waals surface area contributed by atoms with E-state index in [1.54, 1.807) is 19.2 Å². The lowest BCUT2D eigenvalue weighted by molar-refractivity contribution is 0.0963. The second-order valence-corrected chi connectivity index (χ2v) is 5.21. The van der Waals surface area contributed by atoms with E-state index < -0.39 is 0 Å². The number of benzene rings is 1. The Morgan fingerprint density at radius 2 is 2.15 bits per heavy atom. The SMILES string of the molecule is CNC(=O)c1ccc(N(CCO)C2CCCC2)c(N)c1. The normalized spacial score (nSPS) is 15.3. The molecule has 0 bridgehead atoms. The smallest absolute Gasteiger partial charge is 0.251 e. The number of aliphatic hydroxyl groups is 1. The number of nitrogen functional groups attached to an aromatic ring is 1. The van der Waals surface area contributed by atoms with Crippen molar-refractivity contribution >= 4 is 17.3 Å². The minimum Gasteiger partial charge on any atom is -0.397 e. The lowest BCUT2D eigenvalue weighted by atomic mass is 10.1. The van der Waals surface area contributed by atoms with Crippen LogP contribution in [0.3, 0.4) is 0 Å². The van der Waals surface area contributed by atoms with Gasteiger partial charge in [0.15, 0.2) is 0 Å². The van der Waals surface area contributed by atoms with E-state index in [1.807, 2.05) is 6.07 Å². The van der Waals surface area contributed by atoms with Crippen molar-refractivity contribution in [3.63, 3.8) is 0 Å². The molecule has 5 nitrogen and oxygen atoms in total. The molecule has 1 aromatic rings. The Bertz CT molecular complexity index is 470. The van der Waals surface area contributed by atoms with Crippen LogP contribution >= 0.6 is 0 Å². The molecule has 1 saturated carbocycles. The van der Waals surface area contributed by atoms with Gasteiger partial charge in [-0.3, -0.25) is 4.79 Å². The van der Waals surface area contributed by atoms with E-state index in [9.17, 15) is 9.90 Å². The fraction of sp³-hybridized carbons (Fsp3) is 0.533. The van der Waals surface area contributed by atoms with Gasteiger partial charge in [-0.1, -0.05) is 12.8 Å². The Kier molecular flexibility index (Phi) is 4.84.